The smallest absolute Gasteiger partial charge is 0.212 e. The third kappa shape index (κ3) is 3.37. The van der Waals surface area contributed by atoms with Gasteiger partial charge in [-0.15, -0.1) is 0 Å². The fourth-order valence-electron chi connectivity index (χ4n) is 3.44. The van der Waals surface area contributed by atoms with Gasteiger partial charge in [-0.2, -0.15) is 0 Å². The van der Waals surface area contributed by atoms with E-state index in [1.165, 1.54) is 19.2 Å². The van der Waals surface area contributed by atoms with Crippen LogP contribution < -0.4 is 10.5 Å². The number of hydrogen-bond donors (Lipinski definition) is 1. The quantitative estimate of drug-likeness (QED) is 0.501. The Balaban J connectivity index is 1.99. The average molecular weight is 425 g/mol. The van der Waals surface area contributed by atoms with Crippen LogP contribution in [0, 0.1) is 5.92 Å². The Labute approximate surface area is 175 Å². The molecule has 7 nitrogen and oxygen atoms in total. The van der Waals surface area contributed by atoms with E-state index in [1.54, 1.807) is 16.7 Å². The van der Waals surface area contributed by atoms with Crippen molar-refractivity contribution in [1.82, 2.24) is 14.5 Å². The largest absolute Gasteiger partial charge is 0.497 e. The Morgan fingerprint density at radius 1 is 1.03 bits per heavy atom. The minimum atomic E-state index is -3.91. The van der Waals surface area contributed by atoms with Gasteiger partial charge in [-0.05, 0) is 48.7 Å². The van der Waals surface area contributed by atoms with Crippen molar-refractivity contribution in [2.45, 2.75) is 36.6 Å². The number of para-hydroxylation sites is 2. The van der Waals surface area contributed by atoms with Gasteiger partial charge in [-0.25, -0.2) is 18.4 Å². The van der Waals surface area contributed by atoms with E-state index >= 15 is 0 Å². The number of rotatable bonds is 6. The van der Waals surface area contributed by atoms with Gasteiger partial charge in [0, 0.05) is 6.54 Å². The van der Waals surface area contributed by atoms with E-state index in [1.807, 2.05) is 24.3 Å². The number of hydrogen-bond acceptors (Lipinski definition) is 6. The standard InChI is InChI=1S/C22H24N4O3S/c1-14(2)12-13-26-21(23)20(30(27,28)16-10-8-15(29-3)9-11-16)19-22(26)25-18-7-5-4-6-17(18)24-19/h4-11,14H,12-13,23H2,1-3H3. The van der Waals surface area contributed by atoms with Gasteiger partial charge in [0.2, 0.25) is 9.84 Å². The van der Waals surface area contributed by atoms with Crippen molar-refractivity contribution in [3.05, 3.63) is 48.5 Å². The SMILES string of the molecule is COc1ccc(S(=O)(=O)c2c(N)n(CCC(C)C)c3nc4ccccc4nc23)cc1. The minimum absolute atomic E-state index is 0.00433. The van der Waals surface area contributed by atoms with E-state index in [4.69, 9.17) is 15.5 Å². The molecule has 0 fully saturated rings. The lowest BCUT2D eigenvalue weighted by Crippen LogP contribution is -2.09. The van der Waals surface area contributed by atoms with Gasteiger partial charge in [-0.1, -0.05) is 26.0 Å². The Bertz CT molecular complexity index is 1330. The summed E-state index contributed by atoms with van der Waals surface area (Å²) in [6, 6.07) is 13.6. The molecule has 0 aliphatic heterocycles. The summed E-state index contributed by atoms with van der Waals surface area (Å²) in [5.41, 5.74) is 8.52. The van der Waals surface area contributed by atoms with Gasteiger partial charge in [-0.3, -0.25) is 0 Å². The van der Waals surface area contributed by atoms with E-state index in [0.29, 0.717) is 40.4 Å². The zero-order chi connectivity index (χ0) is 21.5. The fraction of sp³-hybridized carbons (Fsp3) is 0.273. The summed E-state index contributed by atoms with van der Waals surface area (Å²) in [6.45, 7) is 4.78. The molecule has 2 aromatic heterocycles. The predicted molar refractivity (Wildman–Crippen MR) is 117 cm³/mol. The lowest BCUT2D eigenvalue weighted by molar-refractivity contribution is 0.414. The number of ether oxygens (including phenoxy) is 1. The van der Waals surface area contributed by atoms with Crippen LogP contribution in [0.15, 0.2) is 58.3 Å². The molecule has 2 aromatic carbocycles. The van der Waals surface area contributed by atoms with Crippen LogP contribution in [-0.2, 0) is 16.4 Å². The Hall–Kier alpha value is -3.13. The van der Waals surface area contributed by atoms with Crippen molar-refractivity contribution in [3.8, 4) is 5.75 Å². The maximum atomic E-state index is 13.6. The van der Waals surface area contributed by atoms with E-state index in [-0.39, 0.29) is 15.6 Å². The zero-order valence-electron chi connectivity index (χ0n) is 17.2. The van der Waals surface area contributed by atoms with Gasteiger partial charge in [0.15, 0.2) is 5.65 Å². The van der Waals surface area contributed by atoms with Crippen LogP contribution in [0.1, 0.15) is 20.3 Å². The number of nitrogen functional groups attached to an aromatic ring is 1. The second-order valence-corrected chi connectivity index (χ2v) is 9.50. The topological polar surface area (TPSA) is 100 Å². The molecule has 0 unspecified atom stereocenters. The van der Waals surface area contributed by atoms with E-state index in [2.05, 4.69) is 18.8 Å². The van der Waals surface area contributed by atoms with Crippen LogP contribution in [0.4, 0.5) is 5.82 Å². The van der Waals surface area contributed by atoms with E-state index in [9.17, 15) is 8.42 Å². The van der Waals surface area contributed by atoms with Crippen LogP contribution in [-0.4, -0.2) is 30.1 Å². The molecule has 30 heavy (non-hydrogen) atoms. The number of nitrogens with two attached hydrogens (primary N) is 1. The van der Waals surface area contributed by atoms with Crippen molar-refractivity contribution < 1.29 is 13.2 Å². The molecule has 0 atom stereocenters. The van der Waals surface area contributed by atoms with E-state index in [0.717, 1.165) is 6.42 Å². The van der Waals surface area contributed by atoms with Crippen molar-refractivity contribution >= 4 is 37.9 Å². The third-order valence-electron chi connectivity index (χ3n) is 5.11. The van der Waals surface area contributed by atoms with Crippen LogP contribution >= 0.6 is 0 Å². The van der Waals surface area contributed by atoms with Crippen LogP contribution in [0.2, 0.25) is 0 Å². The first-order chi connectivity index (χ1) is 14.3. The highest BCUT2D eigenvalue weighted by atomic mass is 32.2. The van der Waals surface area contributed by atoms with Gasteiger partial charge in [0.25, 0.3) is 0 Å². The number of benzene rings is 2. The normalized spacial score (nSPS) is 12.1. The fourth-order valence-corrected chi connectivity index (χ4v) is 4.95. The van der Waals surface area contributed by atoms with Gasteiger partial charge < -0.3 is 15.0 Å². The molecular formula is C22H24N4O3S. The molecule has 0 radical (unpaired) electrons. The first-order valence-corrected chi connectivity index (χ1v) is 11.2. The van der Waals surface area contributed by atoms with Crippen LogP contribution in [0.25, 0.3) is 22.2 Å². The maximum absolute atomic E-state index is 13.6. The van der Waals surface area contributed by atoms with Crippen molar-refractivity contribution in [2.24, 2.45) is 5.92 Å². The second kappa shape index (κ2) is 7.60. The molecule has 0 amide bonds. The summed E-state index contributed by atoms with van der Waals surface area (Å²) in [6.07, 6.45) is 0.838. The third-order valence-corrected chi connectivity index (χ3v) is 6.95. The first-order valence-electron chi connectivity index (χ1n) is 9.76. The second-order valence-electron chi connectivity index (χ2n) is 7.61. The number of nitrogens with zero attached hydrogens (tertiary/aromatic N) is 3. The minimum Gasteiger partial charge on any atom is -0.497 e. The number of aryl methyl sites for hydroxylation is 1. The highest BCUT2D eigenvalue weighted by molar-refractivity contribution is 7.92. The molecule has 4 aromatic rings. The molecular weight excluding hydrogens is 400 g/mol. The monoisotopic (exact) mass is 424 g/mol. The Morgan fingerprint density at radius 2 is 1.67 bits per heavy atom. The summed E-state index contributed by atoms with van der Waals surface area (Å²) in [5, 5.41) is 0. The molecule has 8 heteroatoms. The van der Waals surface area contributed by atoms with Crippen molar-refractivity contribution in [3.63, 3.8) is 0 Å². The first kappa shape index (κ1) is 20.2. The number of methoxy groups -OCH3 is 1. The molecule has 4 rings (SSSR count). The van der Waals surface area contributed by atoms with Gasteiger partial charge in [0.05, 0.1) is 23.0 Å². The molecule has 156 valence electrons. The molecule has 0 saturated carbocycles. The molecule has 0 aliphatic carbocycles. The molecule has 0 saturated heterocycles. The highest BCUT2D eigenvalue weighted by Crippen LogP contribution is 2.36. The average Bonchev–Trinajstić information content (AvgIpc) is 3.01. The maximum Gasteiger partial charge on any atom is 0.212 e. The summed E-state index contributed by atoms with van der Waals surface area (Å²) in [4.78, 5) is 9.49. The molecule has 0 spiro atoms. The Morgan fingerprint density at radius 3 is 2.27 bits per heavy atom. The van der Waals surface area contributed by atoms with Crippen LogP contribution in [0.5, 0.6) is 5.75 Å². The van der Waals surface area contributed by atoms with Gasteiger partial charge in [0.1, 0.15) is 22.0 Å². The summed E-state index contributed by atoms with van der Waals surface area (Å²) in [5.74, 6) is 1.17. The molecule has 0 aliphatic rings. The molecule has 2 heterocycles. The Kier molecular flexibility index (Phi) is 5.11. The number of sulfone groups is 1. The lowest BCUT2D eigenvalue weighted by atomic mass is 10.1. The number of anilines is 1. The van der Waals surface area contributed by atoms with E-state index < -0.39 is 9.84 Å². The summed E-state index contributed by atoms with van der Waals surface area (Å²) < 4.78 is 34.0. The van der Waals surface area contributed by atoms with Crippen LogP contribution in [0.3, 0.4) is 0 Å². The molecule has 0 bridgehead atoms. The van der Waals surface area contributed by atoms with Gasteiger partial charge >= 0.3 is 0 Å². The summed E-state index contributed by atoms with van der Waals surface area (Å²) >= 11 is 0. The number of fused-ring (bicyclic) bond motifs is 2. The lowest BCUT2D eigenvalue weighted by Gasteiger charge is -2.10. The van der Waals surface area contributed by atoms with Crippen molar-refractivity contribution in [1.29, 1.82) is 0 Å². The summed E-state index contributed by atoms with van der Waals surface area (Å²) in [7, 11) is -2.38. The van der Waals surface area contributed by atoms with Crippen molar-refractivity contribution in [2.75, 3.05) is 12.8 Å². The zero-order valence-corrected chi connectivity index (χ0v) is 18.0. The number of aromatic nitrogens is 3. The predicted octanol–water partition coefficient (Wildman–Crippen LogP) is 4.05. The molecule has 2 N–H and O–H groups in total. The highest BCUT2D eigenvalue weighted by Gasteiger charge is 2.30.